The van der Waals surface area contributed by atoms with Gasteiger partial charge in [0.2, 0.25) is 5.91 Å². The molecule has 0 bridgehead atoms. The number of fused-ring (bicyclic) bond motifs is 1. The average Bonchev–Trinajstić information content (AvgIpc) is 3.42. The number of thiophene rings is 1. The summed E-state index contributed by atoms with van der Waals surface area (Å²) in [6.07, 6.45) is 10.0. The molecule has 208 valence electrons. The fourth-order valence-corrected chi connectivity index (χ4v) is 5.06. The minimum absolute atomic E-state index is 0.0940. The summed E-state index contributed by atoms with van der Waals surface area (Å²) in [4.78, 5) is 28.3. The molecule has 1 aliphatic rings. The number of amides is 1. The number of aliphatic hydroxyl groups excluding tert-OH is 1. The predicted molar refractivity (Wildman–Crippen MR) is 154 cm³/mol. The number of hydrogen-bond donors (Lipinski definition) is 1. The molecule has 38 heavy (non-hydrogen) atoms. The van der Waals surface area contributed by atoms with Crippen LogP contribution in [0.3, 0.4) is 0 Å². The number of benzene rings is 1. The molecule has 2 aromatic rings. The molecular weight excluding hydrogens is 500 g/mol. The monoisotopic (exact) mass is 542 g/mol. The molecule has 0 aliphatic carbocycles. The molecular formula is C30H42N2O5S. The van der Waals surface area contributed by atoms with Crippen molar-refractivity contribution in [2.24, 2.45) is 0 Å². The van der Waals surface area contributed by atoms with E-state index < -0.39 is 0 Å². The molecule has 1 unspecified atom stereocenters. The van der Waals surface area contributed by atoms with Gasteiger partial charge in [-0.2, -0.15) is 0 Å². The number of ether oxygens (including phenoxy) is 2. The third-order valence-corrected chi connectivity index (χ3v) is 7.22. The van der Waals surface area contributed by atoms with E-state index in [2.05, 4.69) is 24.4 Å². The topological polar surface area (TPSA) is 79.3 Å². The first-order chi connectivity index (χ1) is 18.5. The minimum atomic E-state index is -0.0973. The van der Waals surface area contributed by atoms with E-state index in [0.29, 0.717) is 39.1 Å². The highest BCUT2D eigenvalue weighted by molar-refractivity contribution is 7.10. The molecule has 0 spiro atoms. The van der Waals surface area contributed by atoms with Crippen LogP contribution in [0.4, 0.5) is 0 Å². The van der Waals surface area contributed by atoms with Gasteiger partial charge in [-0.15, -0.1) is 11.3 Å². The Balaban J connectivity index is 0.000000432. The van der Waals surface area contributed by atoms with Crippen molar-refractivity contribution in [1.29, 1.82) is 0 Å². The van der Waals surface area contributed by atoms with Crippen molar-refractivity contribution < 1.29 is 24.2 Å². The molecule has 1 aromatic carbocycles. The maximum Gasteiger partial charge on any atom is 0.237 e. The summed E-state index contributed by atoms with van der Waals surface area (Å²) in [5.74, 6) is 1.57. The standard InChI is InChI=1S/C21H28N2O4S.C9H14O/c1-22(9-4-11-24)14-21(25)23-10-7-20-18(8-12-28-20)19(23)15-27-17-6-3-5-16(13-17)26-2;1-3-5-6-9(4-2)7-8-10/h3,5-6,8,12-13,19,24H,4,7,9-11,14-15H2,1-2H3;4-6,8H,3,7H2,1-2H3/b;6-5-,9-4+. The van der Waals surface area contributed by atoms with Crippen LogP contribution in [0.25, 0.3) is 0 Å². The number of nitrogens with zero attached hydrogens (tertiary/aromatic N) is 2. The van der Waals surface area contributed by atoms with E-state index in [1.54, 1.807) is 18.4 Å². The number of methoxy groups -OCH3 is 1. The molecule has 0 fully saturated rings. The lowest BCUT2D eigenvalue weighted by Gasteiger charge is -2.36. The summed E-state index contributed by atoms with van der Waals surface area (Å²) in [7, 11) is 3.54. The molecule has 0 saturated carbocycles. The van der Waals surface area contributed by atoms with Crippen LogP contribution >= 0.6 is 11.3 Å². The number of carbonyl (C=O) groups is 2. The SMILES string of the molecule is C/C=C(\C=C/CC)CC=O.COc1cccc(OCC2c3ccsc3CCN2C(=O)CN(C)CCCO)c1. The van der Waals surface area contributed by atoms with Gasteiger partial charge >= 0.3 is 0 Å². The summed E-state index contributed by atoms with van der Waals surface area (Å²) >= 11 is 1.74. The normalized spacial score (nSPS) is 15.2. The fraction of sp³-hybridized carbons (Fsp3) is 0.467. The molecule has 7 nitrogen and oxygen atoms in total. The minimum Gasteiger partial charge on any atom is -0.497 e. The van der Waals surface area contributed by atoms with Gasteiger partial charge in [0.05, 0.1) is 19.7 Å². The molecule has 0 radical (unpaired) electrons. The fourth-order valence-electron chi connectivity index (χ4n) is 4.13. The smallest absolute Gasteiger partial charge is 0.237 e. The van der Waals surface area contributed by atoms with Gasteiger partial charge in [-0.05, 0) is 67.9 Å². The second-order valence-corrected chi connectivity index (χ2v) is 10.0. The van der Waals surface area contributed by atoms with Gasteiger partial charge in [0, 0.05) is 37.1 Å². The van der Waals surface area contributed by atoms with Gasteiger partial charge in [-0.3, -0.25) is 9.69 Å². The Morgan fingerprint density at radius 1 is 1.29 bits per heavy atom. The van der Waals surface area contributed by atoms with E-state index in [1.165, 1.54) is 10.4 Å². The Hall–Kier alpha value is -2.94. The maximum absolute atomic E-state index is 13.0. The molecule has 0 saturated heterocycles. The van der Waals surface area contributed by atoms with Gasteiger partial charge in [0.25, 0.3) is 0 Å². The lowest BCUT2D eigenvalue weighted by atomic mass is 10.0. The van der Waals surface area contributed by atoms with E-state index in [-0.39, 0.29) is 18.6 Å². The number of rotatable bonds is 13. The van der Waals surface area contributed by atoms with Crippen LogP contribution < -0.4 is 9.47 Å². The summed E-state index contributed by atoms with van der Waals surface area (Å²) in [5, 5.41) is 11.1. The third kappa shape index (κ3) is 10.1. The van der Waals surface area contributed by atoms with Gasteiger partial charge < -0.3 is 24.3 Å². The van der Waals surface area contributed by atoms with Crippen LogP contribution in [0.1, 0.15) is 49.6 Å². The van der Waals surface area contributed by atoms with Crippen molar-refractivity contribution in [2.45, 2.75) is 45.6 Å². The highest BCUT2D eigenvalue weighted by atomic mass is 32.1. The molecule has 8 heteroatoms. The van der Waals surface area contributed by atoms with Crippen molar-refractivity contribution in [3.63, 3.8) is 0 Å². The Morgan fingerprint density at radius 2 is 2.08 bits per heavy atom. The Labute approximate surface area is 231 Å². The van der Waals surface area contributed by atoms with Crippen LogP contribution in [-0.4, -0.2) is 74.1 Å². The lowest BCUT2D eigenvalue weighted by molar-refractivity contribution is -0.135. The highest BCUT2D eigenvalue weighted by Gasteiger charge is 2.32. The Morgan fingerprint density at radius 3 is 2.76 bits per heavy atom. The molecule has 1 amide bonds. The lowest BCUT2D eigenvalue weighted by Crippen LogP contribution is -2.46. The van der Waals surface area contributed by atoms with Crippen LogP contribution in [0.2, 0.25) is 0 Å². The number of hydrogen-bond acceptors (Lipinski definition) is 7. The van der Waals surface area contributed by atoms with Crippen molar-refractivity contribution in [3.05, 3.63) is 70.0 Å². The van der Waals surface area contributed by atoms with Crippen molar-refractivity contribution in [1.82, 2.24) is 9.80 Å². The highest BCUT2D eigenvalue weighted by Crippen LogP contribution is 2.34. The Bertz CT molecular complexity index is 1050. The molecule has 3 rings (SSSR count). The second kappa shape index (κ2) is 17.5. The van der Waals surface area contributed by atoms with E-state index in [4.69, 9.17) is 14.6 Å². The van der Waals surface area contributed by atoms with Crippen molar-refractivity contribution in [3.8, 4) is 11.5 Å². The average molecular weight is 543 g/mol. The van der Waals surface area contributed by atoms with E-state index >= 15 is 0 Å². The zero-order chi connectivity index (χ0) is 27.8. The van der Waals surface area contributed by atoms with Crippen molar-refractivity contribution in [2.75, 3.05) is 47.0 Å². The number of carbonyl (C=O) groups excluding carboxylic acids is 2. The summed E-state index contributed by atoms with van der Waals surface area (Å²) in [6.45, 7) is 6.30. The first-order valence-corrected chi connectivity index (χ1v) is 14.0. The number of likely N-dealkylation sites (N-methyl/N-ethyl adjacent to an activating group) is 1. The van der Waals surface area contributed by atoms with Crippen LogP contribution in [-0.2, 0) is 16.0 Å². The zero-order valence-electron chi connectivity index (χ0n) is 23.1. The second-order valence-electron chi connectivity index (χ2n) is 9.00. The van der Waals surface area contributed by atoms with Gasteiger partial charge in [0.1, 0.15) is 24.4 Å². The molecule has 1 aliphatic heterocycles. The van der Waals surface area contributed by atoms with Crippen LogP contribution in [0, 0.1) is 0 Å². The number of aldehydes is 1. The molecule has 1 atom stereocenters. The van der Waals surface area contributed by atoms with E-state index in [1.807, 2.05) is 60.2 Å². The van der Waals surface area contributed by atoms with Gasteiger partial charge in [-0.25, -0.2) is 0 Å². The molecule has 1 aromatic heterocycles. The van der Waals surface area contributed by atoms with Crippen LogP contribution in [0.5, 0.6) is 11.5 Å². The largest absolute Gasteiger partial charge is 0.497 e. The summed E-state index contributed by atoms with van der Waals surface area (Å²) in [5.41, 5.74) is 2.28. The first kappa shape index (κ1) is 31.3. The number of aliphatic hydroxyl groups is 1. The first-order valence-electron chi connectivity index (χ1n) is 13.1. The number of allylic oxidation sites excluding steroid dienone is 4. The van der Waals surface area contributed by atoms with E-state index in [9.17, 15) is 9.59 Å². The summed E-state index contributed by atoms with van der Waals surface area (Å²) in [6, 6.07) is 9.53. The van der Waals surface area contributed by atoms with Crippen LogP contribution in [0.15, 0.2) is 59.5 Å². The summed E-state index contributed by atoms with van der Waals surface area (Å²) < 4.78 is 11.3. The van der Waals surface area contributed by atoms with Gasteiger partial charge in [-0.1, -0.05) is 31.2 Å². The van der Waals surface area contributed by atoms with Gasteiger partial charge in [0.15, 0.2) is 0 Å². The van der Waals surface area contributed by atoms with Crippen molar-refractivity contribution >= 4 is 23.5 Å². The third-order valence-electron chi connectivity index (χ3n) is 6.22. The quantitative estimate of drug-likeness (QED) is 0.281. The molecule has 2 heterocycles. The molecule has 1 N–H and O–H groups in total. The predicted octanol–water partition coefficient (Wildman–Crippen LogP) is 5.06. The Kier molecular flexibility index (Phi) is 14.4. The zero-order valence-corrected chi connectivity index (χ0v) is 23.9. The maximum atomic E-state index is 13.0. The van der Waals surface area contributed by atoms with E-state index in [0.717, 1.165) is 36.2 Å².